The average Bonchev–Trinajstić information content (AvgIpc) is 3.08. The molecule has 2 N–H and O–H groups in total. The van der Waals surface area contributed by atoms with Gasteiger partial charge in [0.1, 0.15) is 0 Å². The number of hydrogen-bond acceptors (Lipinski definition) is 4. The summed E-state index contributed by atoms with van der Waals surface area (Å²) < 4.78 is 11.2. The van der Waals surface area contributed by atoms with Crippen LogP contribution in [0.15, 0.2) is 36.4 Å². The minimum atomic E-state index is -0.168. The molecule has 6 nitrogen and oxygen atoms in total. The van der Waals surface area contributed by atoms with Crippen molar-refractivity contribution in [2.24, 2.45) is 5.92 Å². The number of aromatic amines is 1. The van der Waals surface area contributed by atoms with Gasteiger partial charge in [-0.25, -0.2) is 0 Å². The molecule has 1 atom stereocenters. The topological polar surface area (TPSA) is 76.2 Å². The number of H-pyrrole nitrogens is 1. The minimum Gasteiger partial charge on any atom is -0.493 e. The smallest absolute Gasteiger partial charge is 0.272 e. The lowest BCUT2D eigenvalue weighted by Crippen LogP contribution is -2.35. The predicted octanol–water partition coefficient (Wildman–Crippen LogP) is 2.86. The SMILES string of the molecule is COc1cccc2c1OCC(CNC(=O)c1n[nH]c3ccc(C)cc13)C2. The summed E-state index contributed by atoms with van der Waals surface area (Å²) in [5.74, 6) is 1.61. The summed E-state index contributed by atoms with van der Waals surface area (Å²) >= 11 is 0. The third kappa shape index (κ3) is 2.98. The van der Waals surface area contributed by atoms with Crippen LogP contribution in [0.2, 0.25) is 0 Å². The van der Waals surface area contributed by atoms with Crippen LogP contribution in [0.4, 0.5) is 0 Å². The van der Waals surface area contributed by atoms with Gasteiger partial charge in [0.2, 0.25) is 0 Å². The van der Waals surface area contributed by atoms with Crippen molar-refractivity contribution in [2.75, 3.05) is 20.3 Å². The highest BCUT2D eigenvalue weighted by Crippen LogP contribution is 2.35. The van der Waals surface area contributed by atoms with Crippen molar-refractivity contribution < 1.29 is 14.3 Å². The maximum atomic E-state index is 12.6. The Kier molecular flexibility index (Phi) is 4.24. The monoisotopic (exact) mass is 351 g/mol. The van der Waals surface area contributed by atoms with E-state index in [0.717, 1.165) is 39.9 Å². The molecule has 2 heterocycles. The quantitative estimate of drug-likeness (QED) is 0.758. The second-order valence-electron chi connectivity index (χ2n) is 6.66. The Morgan fingerprint density at radius 2 is 2.27 bits per heavy atom. The first-order valence-electron chi connectivity index (χ1n) is 8.67. The summed E-state index contributed by atoms with van der Waals surface area (Å²) in [4.78, 5) is 12.6. The molecule has 0 saturated heterocycles. The van der Waals surface area contributed by atoms with Gasteiger partial charge >= 0.3 is 0 Å². The molecular weight excluding hydrogens is 330 g/mol. The van der Waals surface area contributed by atoms with E-state index in [9.17, 15) is 4.79 Å². The third-order valence-corrected chi connectivity index (χ3v) is 4.74. The molecule has 1 aliphatic rings. The van der Waals surface area contributed by atoms with E-state index < -0.39 is 0 Å². The fourth-order valence-electron chi connectivity index (χ4n) is 3.37. The molecule has 26 heavy (non-hydrogen) atoms. The first-order valence-corrected chi connectivity index (χ1v) is 8.67. The fourth-order valence-corrected chi connectivity index (χ4v) is 3.37. The lowest BCUT2D eigenvalue weighted by Gasteiger charge is -2.26. The van der Waals surface area contributed by atoms with Crippen LogP contribution in [0.1, 0.15) is 21.6 Å². The highest BCUT2D eigenvalue weighted by Gasteiger charge is 2.24. The second-order valence-corrected chi connectivity index (χ2v) is 6.66. The number of rotatable bonds is 4. The number of ether oxygens (including phenoxy) is 2. The molecule has 2 aromatic carbocycles. The molecule has 1 aliphatic heterocycles. The summed E-state index contributed by atoms with van der Waals surface area (Å²) in [6.07, 6.45) is 0.841. The van der Waals surface area contributed by atoms with Crippen LogP contribution in [0.5, 0.6) is 11.5 Å². The number of nitrogens with zero attached hydrogens (tertiary/aromatic N) is 1. The van der Waals surface area contributed by atoms with E-state index in [4.69, 9.17) is 9.47 Å². The number of para-hydroxylation sites is 1. The van der Waals surface area contributed by atoms with E-state index in [1.54, 1.807) is 7.11 Å². The molecule has 0 radical (unpaired) electrons. The number of benzene rings is 2. The van der Waals surface area contributed by atoms with Gasteiger partial charge in [0, 0.05) is 17.8 Å². The lowest BCUT2D eigenvalue weighted by atomic mass is 9.96. The predicted molar refractivity (Wildman–Crippen MR) is 98.8 cm³/mol. The van der Waals surface area contributed by atoms with Crippen molar-refractivity contribution in [3.8, 4) is 11.5 Å². The molecule has 6 heteroatoms. The largest absolute Gasteiger partial charge is 0.493 e. The molecule has 4 rings (SSSR count). The highest BCUT2D eigenvalue weighted by atomic mass is 16.5. The van der Waals surface area contributed by atoms with Crippen LogP contribution in [-0.2, 0) is 6.42 Å². The summed E-state index contributed by atoms with van der Waals surface area (Å²) in [5, 5.41) is 10.9. The average molecular weight is 351 g/mol. The van der Waals surface area contributed by atoms with Crippen LogP contribution in [0.25, 0.3) is 10.9 Å². The first kappa shape index (κ1) is 16.4. The minimum absolute atomic E-state index is 0.168. The van der Waals surface area contributed by atoms with Crippen LogP contribution >= 0.6 is 0 Å². The van der Waals surface area contributed by atoms with Crippen LogP contribution < -0.4 is 14.8 Å². The molecule has 0 spiro atoms. The molecule has 0 aliphatic carbocycles. The van der Waals surface area contributed by atoms with E-state index in [1.807, 2.05) is 43.3 Å². The molecule has 1 amide bonds. The number of hydrogen-bond donors (Lipinski definition) is 2. The standard InChI is InChI=1S/C20H21N3O3/c1-12-6-7-16-15(8-12)18(23-22-16)20(24)21-10-13-9-14-4-3-5-17(25-2)19(14)26-11-13/h3-8,13H,9-11H2,1-2H3,(H,21,24)(H,22,23). The molecule has 1 aromatic heterocycles. The van der Waals surface area contributed by atoms with Gasteiger partial charge in [0.05, 0.1) is 19.2 Å². The Balaban J connectivity index is 1.44. The molecule has 3 aromatic rings. The van der Waals surface area contributed by atoms with Crippen molar-refractivity contribution in [3.05, 3.63) is 53.2 Å². The number of carbonyl (C=O) groups is 1. The van der Waals surface area contributed by atoms with Crippen LogP contribution in [0, 0.1) is 12.8 Å². The number of fused-ring (bicyclic) bond motifs is 2. The Bertz CT molecular complexity index is 964. The summed E-state index contributed by atoms with van der Waals surface area (Å²) in [7, 11) is 1.64. The van der Waals surface area contributed by atoms with Gasteiger partial charge in [-0.1, -0.05) is 23.8 Å². The van der Waals surface area contributed by atoms with Crippen LogP contribution in [0.3, 0.4) is 0 Å². The molecule has 0 saturated carbocycles. The fraction of sp³-hybridized carbons (Fsp3) is 0.300. The van der Waals surface area contributed by atoms with Crippen molar-refractivity contribution in [1.29, 1.82) is 0 Å². The molecule has 0 fully saturated rings. The molecule has 134 valence electrons. The summed E-state index contributed by atoms with van der Waals surface area (Å²) in [6, 6.07) is 11.8. The first-order chi connectivity index (χ1) is 12.7. The normalized spacial score (nSPS) is 16.0. The van der Waals surface area contributed by atoms with E-state index in [2.05, 4.69) is 15.5 Å². The third-order valence-electron chi connectivity index (χ3n) is 4.74. The summed E-state index contributed by atoms with van der Waals surface area (Å²) in [6.45, 7) is 3.09. The number of aryl methyl sites for hydroxylation is 1. The number of nitrogens with one attached hydrogen (secondary N) is 2. The number of carbonyl (C=O) groups excluding carboxylic acids is 1. The lowest BCUT2D eigenvalue weighted by molar-refractivity contribution is 0.0935. The van der Waals surface area contributed by atoms with E-state index in [0.29, 0.717) is 18.8 Å². The zero-order valence-corrected chi connectivity index (χ0v) is 14.8. The van der Waals surface area contributed by atoms with Crippen molar-refractivity contribution >= 4 is 16.8 Å². The Morgan fingerprint density at radius 1 is 1.38 bits per heavy atom. The van der Waals surface area contributed by atoms with Gasteiger partial charge in [-0.2, -0.15) is 5.10 Å². The zero-order valence-electron chi connectivity index (χ0n) is 14.8. The van der Waals surface area contributed by atoms with Gasteiger partial charge in [-0.3, -0.25) is 9.89 Å². The molecular formula is C20H21N3O3. The van der Waals surface area contributed by atoms with E-state index >= 15 is 0 Å². The van der Waals surface area contributed by atoms with Gasteiger partial charge in [0.15, 0.2) is 17.2 Å². The van der Waals surface area contributed by atoms with Crippen LogP contribution in [-0.4, -0.2) is 36.4 Å². The van der Waals surface area contributed by atoms with E-state index in [-0.39, 0.29) is 11.8 Å². The van der Waals surface area contributed by atoms with Gasteiger partial charge in [-0.05, 0) is 37.1 Å². The van der Waals surface area contributed by atoms with Gasteiger partial charge < -0.3 is 14.8 Å². The molecule has 1 unspecified atom stereocenters. The Morgan fingerprint density at radius 3 is 3.12 bits per heavy atom. The zero-order chi connectivity index (χ0) is 18.1. The van der Waals surface area contributed by atoms with Crippen molar-refractivity contribution in [2.45, 2.75) is 13.3 Å². The maximum Gasteiger partial charge on any atom is 0.272 e. The Labute approximate surface area is 151 Å². The molecule has 0 bridgehead atoms. The summed E-state index contributed by atoms with van der Waals surface area (Å²) in [5.41, 5.74) is 3.50. The van der Waals surface area contributed by atoms with Gasteiger partial charge in [-0.15, -0.1) is 0 Å². The van der Waals surface area contributed by atoms with Crippen molar-refractivity contribution in [1.82, 2.24) is 15.5 Å². The van der Waals surface area contributed by atoms with E-state index in [1.165, 1.54) is 0 Å². The van der Waals surface area contributed by atoms with Crippen molar-refractivity contribution in [3.63, 3.8) is 0 Å². The number of amides is 1. The van der Waals surface area contributed by atoms with Gasteiger partial charge in [0.25, 0.3) is 5.91 Å². The Hall–Kier alpha value is -3.02. The number of methoxy groups -OCH3 is 1. The second kappa shape index (κ2) is 6.71. The highest BCUT2D eigenvalue weighted by molar-refractivity contribution is 6.04. The number of aromatic nitrogens is 2. The maximum absolute atomic E-state index is 12.6.